The molecule has 0 amide bonds. The van der Waals surface area contributed by atoms with Gasteiger partial charge in [-0.05, 0) is 6.92 Å². The number of guanidine groups is 1. The van der Waals surface area contributed by atoms with Gasteiger partial charge in [-0.15, -0.1) is 22.7 Å². The minimum atomic E-state index is -4.38. The zero-order chi connectivity index (χ0) is 17.7. The third-order valence-corrected chi connectivity index (χ3v) is 4.83. The van der Waals surface area contributed by atoms with E-state index in [0.29, 0.717) is 30.5 Å². The number of nitrogens with zero attached hydrogens (tertiary/aromatic N) is 4. The van der Waals surface area contributed by atoms with Crippen LogP contribution >= 0.6 is 22.7 Å². The largest absolute Gasteiger partial charge is 0.434 e. The van der Waals surface area contributed by atoms with Crippen LogP contribution in [0.2, 0.25) is 0 Å². The Morgan fingerprint density at radius 1 is 1.29 bits per heavy atom. The summed E-state index contributed by atoms with van der Waals surface area (Å²) in [7, 11) is 3.55. The van der Waals surface area contributed by atoms with Crippen molar-refractivity contribution in [2.75, 3.05) is 20.6 Å². The number of nitrogens with one attached hydrogen (secondary N) is 1. The lowest BCUT2D eigenvalue weighted by molar-refractivity contribution is -0.140. The van der Waals surface area contributed by atoms with Gasteiger partial charge in [-0.3, -0.25) is 4.99 Å². The zero-order valence-electron chi connectivity index (χ0n) is 13.5. The molecule has 0 atom stereocenters. The van der Waals surface area contributed by atoms with Crippen molar-refractivity contribution in [3.63, 3.8) is 0 Å². The van der Waals surface area contributed by atoms with Crippen molar-refractivity contribution in [2.24, 2.45) is 4.99 Å². The molecule has 0 unspecified atom stereocenters. The number of hydrogen-bond donors (Lipinski definition) is 1. The first-order chi connectivity index (χ1) is 11.3. The first-order valence-corrected chi connectivity index (χ1v) is 8.90. The molecular formula is C14H18F3N5S2. The van der Waals surface area contributed by atoms with Crippen molar-refractivity contribution in [1.29, 1.82) is 0 Å². The highest BCUT2D eigenvalue weighted by atomic mass is 32.1. The molecule has 0 fully saturated rings. The summed E-state index contributed by atoms with van der Waals surface area (Å²) in [4.78, 5) is 14.1. The first-order valence-electron chi connectivity index (χ1n) is 7.14. The van der Waals surface area contributed by atoms with Crippen LogP contribution in [0, 0.1) is 6.92 Å². The number of hydrogen-bond acceptors (Lipinski definition) is 5. The summed E-state index contributed by atoms with van der Waals surface area (Å²) in [6.45, 7) is 3.02. The number of alkyl halides is 3. The second-order valence-corrected chi connectivity index (χ2v) is 7.07. The minimum absolute atomic E-state index is 0.406. The summed E-state index contributed by atoms with van der Waals surface area (Å²) in [5.41, 5.74) is 0.126. The van der Waals surface area contributed by atoms with Crippen LogP contribution in [0.15, 0.2) is 15.8 Å². The van der Waals surface area contributed by atoms with Gasteiger partial charge in [0.2, 0.25) is 0 Å². The highest BCUT2D eigenvalue weighted by Crippen LogP contribution is 2.29. The summed E-state index contributed by atoms with van der Waals surface area (Å²) >= 11 is 2.60. The topological polar surface area (TPSA) is 53.4 Å². The van der Waals surface area contributed by atoms with E-state index in [0.717, 1.165) is 27.4 Å². The van der Waals surface area contributed by atoms with Gasteiger partial charge in [0.25, 0.3) is 0 Å². The third kappa shape index (κ3) is 5.17. The molecule has 0 aromatic carbocycles. The molecule has 132 valence electrons. The molecule has 2 rings (SSSR count). The Bertz CT molecular complexity index is 693. The van der Waals surface area contributed by atoms with Gasteiger partial charge in [-0.2, -0.15) is 13.2 Å². The van der Waals surface area contributed by atoms with Crippen LogP contribution in [0.4, 0.5) is 13.2 Å². The van der Waals surface area contributed by atoms with Gasteiger partial charge in [0, 0.05) is 37.8 Å². The third-order valence-electron chi connectivity index (χ3n) is 3.10. The summed E-state index contributed by atoms with van der Waals surface area (Å²) in [5.74, 6) is 0.660. The van der Waals surface area contributed by atoms with E-state index >= 15 is 0 Å². The van der Waals surface area contributed by atoms with E-state index in [9.17, 15) is 13.2 Å². The van der Waals surface area contributed by atoms with Gasteiger partial charge >= 0.3 is 6.18 Å². The Kier molecular flexibility index (Phi) is 6.16. The maximum Gasteiger partial charge on any atom is 0.434 e. The molecule has 0 aliphatic heterocycles. The van der Waals surface area contributed by atoms with E-state index in [4.69, 9.17) is 0 Å². The van der Waals surface area contributed by atoms with Crippen molar-refractivity contribution in [2.45, 2.75) is 26.1 Å². The normalized spacial score (nSPS) is 12.5. The molecule has 0 saturated carbocycles. The lowest BCUT2D eigenvalue weighted by Gasteiger charge is -2.21. The molecule has 0 bridgehead atoms. The lowest BCUT2D eigenvalue weighted by Crippen LogP contribution is -2.39. The van der Waals surface area contributed by atoms with E-state index in [-0.39, 0.29) is 0 Å². The van der Waals surface area contributed by atoms with Gasteiger partial charge in [0.15, 0.2) is 11.7 Å². The van der Waals surface area contributed by atoms with E-state index in [1.807, 2.05) is 24.3 Å². The smallest absolute Gasteiger partial charge is 0.356 e. The Morgan fingerprint density at radius 2 is 2.04 bits per heavy atom. The Balaban J connectivity index is 1.84. The monoisotopic (exact) mass is 377 g/mol. The van der Waals surface area contributed by atoms with Crippen LogP contribution in [0.25, 0.3) is 0 Å². The molecule has 2 heterocycles. The molecule has 10 heteroatoms. The van der Waals surface area contributed by atoms with Crippen LogP contribution in [0.3, 0.4) is 0 Å². The molecule has 24 heavy (non-hydrogen) atoms. The highest BCUT2D eigenvalue weighted by Gasteiger charge is 2.33. The van der Waals surface area contributed by atoms with Crippen LogP contribution in [-0.2, 0) is 19.1 Å². The number of aliphatic imine (C=N–C) groups is 1. The molecule has 2 aromatic rings. The zero-order valence-corrected chi connectivity index (χ0v) is 15.1. The van der Waals surface area contributed by atoms with Crippen molar-refractivity contribution in [3.8, 4) is 0 Å². The molecule has 0 spiro atoms. The lowest BCUT2D eigenvalue weighted by atomic mass is 10.4. The number of rotatable bonds is 5. The van der Waals surface area contributed by atoms with Crippen molar-refractivity contribution in [3.05, 3.63) is 32.2 Å². The Hall–Kier alpha value is -1.68. The summed E-state index contributed by atoms with van der Waals surface area (Å²) in [6.07, 6.45) is -3.98. The Labute approximate surface area is 146 Å². The predicted molar refractivity (Wildman–Crippen MR) is 90.5 cm³/mol. The fourth-order valence-corrected chi connectivity index (χ4v) is 3.43. The van der Waals surface area contributed by atoms with Crippen LogP contribution < -0.4 is 5.32 Å². The molecule has 0 radical (unpaired) electrons. The van der Waals surface area contributed by atoms with Crippen LogP contribution in [0.1, 0.15) is 21.4 Å². The highest BCUT2D eigenvalue weighted by molar-refractivity contribution is 7.09. The quantitative estimate of drug-likeness (QED) is 0.642. The van der Waals surface area contributed by atoms with Gasteiger partial charge in [-0.1, -0.05) is 0 Å². The average Bonchev–Trinajstić information content (AvgIpc) is 3.12. The number of aryl methyl sites for hydroxylation is 1. The molecular weight excluding hydrogens is 359 g/mol. The van der Waals surface area contributed by atoms with Gasteiger partial charge < -0.3 is 10.2 Å². The summed E-state index contributed by atoms with van der Waals surface area (Å²) in [6, 6.07) is 0. The molecule has 1 N–H and O–H groups in total. The summed E-state index contributed by atoms with van der Waals surface area (Å²) < 4.78 is 37.6. The number of halogens is 3. The minimum Gasteiger partial charge on any atom is -0.356 e. The van der Waals surface area contributed by atoms with E-state index in [2.05, 4.69) is 20.3 Å². The molecule has 2 aromatic heterocycles. The fourth-order valence-electron chi connectivity index (χ4n) is 2.02. The van der Waals surface area contributed by atoms with Gasteiger partial charge in [0.1, 0.15) is 0 Å². The Morgan fingerprint density at radius 3 is 2.58 bits per heavy atom. The van der Waals surface area contributed by atoms with Crippen molar-refractivity contribution in [1.82, 2.24) is 20.2 Å². The fraction of sp³-hybridized carbons (Fsp3) is 0.500. The molecule has 0 aliphatic carbocycles. The van der Waals surface area contributed by atoms with E-state index in [1.54, 1.807) is 18.4 Å². The number of thiazole rings is 2. The second-order valence-electron chi connectivity index (χ2n) is 5.06. The van der Waals surface area contributed by atoms with E-state index in [1.165, 1.54) is 0 Å². The summed E-state index contributed by atoms with van der Waals surface area (Å²) in [5, 5.41) is 7.62. The predicted octanol–water partition coefficient (Wildman–Crippen LogP) is 3.18. The van der Waals surface area contributed by atoms with Crippen molar-refractivity contribution < 1.29 is 13.2 Å². The van der Waals surface area contributed by atoms with Crippen LogP contribution in [0.5, 0.6) is 0 Å². The van der Waals surface area contributed by atoms with Crippen LogP contribution in [-0.4, -0.2) is 41.5 Å². The maximum atomic E-state index is 12.5. The van der Waals surface area contributed by atoms with Crippen molar-refractivity contribution >= 4 is 28.6 Å². The number of aromatic nitrogens is 2. The molecule has 0 saturated heterocycles. The van der Waals surface area contributed by atoms with E-state index < -0.39 is 11.9 Å². The average molecular weight is 377 g/mol. The SMILES string of the molecule is CN=C(NCCc1nc(C(F)(F)F)cs1)N(C)Cc1csc(C)n1. The second kappa shape index (κ2) is 7.93. The first kappa shape index (κ1) is 18.7. The molecule has 0 aliphatic rings. The maximum absolute atomic E-state index is 12.5. The standard InChI is InChI=1S/C14H18F3N5S2/c1-9-20-10(7-23-9)6-22(3)13(18-2)19-5-4-12-21-11(8-24-12)14(15,16)17/h7-8H,4-6H2,1-3H3,(H,18,19). The molecule has 5 nitrogen and oxygen atoms in total. The van der Waals surface area contributed by atoms with Gasteiger partial charge in [0.05, 0.1) is 22.3 Å². The van der Waals surface area contributed by atoms with Gasteiger partial charge in [-0.25, -0.2) is 9.97 Å².